The molecule has 33 heavy (non-hydrogen) atoms. The first-order chi connectivity index (χ1) is 15.8. The van der Waals surface area contributed by atoms with E-state index in [0.29, 0.717) is 23.1 Å². The lowest BCUT2D eigenvalue weighted by atomic mass is 10.0. The predicted octanol–water partition coefficient (Wildman–Crippen LogP) is 4.54. The minimum atomic E-state index is -3.66. The van der Waals surface area contributed by atoms with Crippen LogP contribution in [-0.4, -0.2) is 32.1 Å². The van der Waals surface area contributed by atoms with Crippen LogP contribution in [0.15, 0.2) is 72.8 Å². The number of aryl methyl sites for hydroxylation is 1. The maximum Gasteiger partial charge on any atom is 0.284 e. The normalized spacial score (nSPS) is 11.5. The molecule has 0 saturated carbocycles. The van der Waals surface area contributed by atoms with Crippen molar-refractivity contribution in [3.8, 4) is 0 Å². The van der Waals surface area contributed by atoms with Gasteiger partial charge < -0.3 is 4.90 Å². The summed E-state index contributed by atoms with van der Waals surface area (Å²) in [4.78, 5) is 19.8. The number of sulfonamides is 1. The van der Waals surface area contributed by atoms with Gasteiger partial charge in [0.15, 0.2) is 5.13 Å². The first-order valence-corrected chi connectivity index (χ1v) is 13.3. The summed E-state index contributed by atoms with van der Waals surface area (Å²) in [7, 11) is -3.66. The van der Waals surface area contributed by atoms with E-state index >= 15 is 0 Å². The van der Waals surface area contributed by atoms with Crippen LogP contribution >= 0.6 is 11.3 Å². The van der Waals surface area contributed by atoms with E-state index in [9.17, 15) is 13.2 Å². The number of nitrogens with zero attached hydrogens (tertiary/aromatic N) is 2. The third-order valence-corrected chi connectivity index (χ3v) is 6.88. The average Bonchev–Trinajstić information content (AvgIpc) is 3.18. The number of carbonyl (C=O) groups is 1. The number of amides is 1. The molecule has 1 N–H and O–H groups in total. The van der Waals surface area contributed by atoms with Crippen LogP contribution in [0.1, 0.15) is 26.5 Å². The van der Waals surface area contributed by atoms with E-state index in [4.69, 9.17) is 0 Å². The van der Waals surface area contributed by atoms with Gasteiger partial charge in [-0.05, 0) is 35.2 Å². The fourth-order valence-corrected chi connectivity index (χ4v) is 5.12. The van der Waals surface area contributed by atoms with Crippen LogP contribution in [0.25, 0.3) is 10.8 Å². The lowest BCUT2D eigenvalue weighted by molar-refractivity contribution is 0.0977. The van der Waals surface area contributed by atoms with E-state index in [1.54, 1.807) is 6.92 Å². The first-order valence-electron chi connectivity index (χ1n) is 10.6. The molecule has 0 aliphatic carbocycles. The summed E-state index contributed by atoms with van der Waals surface area (Å²) < 4.78 is 25.0. The first kappa shape index (κ1) is 22.9. The summed E-state index contributed by atoms with van der Waals surface area (Å²) in [5.74, 6) is -0.703. The van der Waals surface area contributed by atoms with Crippen LogP contribution in [0.5, 0.6) is 0 Å². The molecule has 0 aliphatic rings. The Morgan fingerprint density at radius 2 is 1.70 bits per heavy atom. The third kappa shape index (κ3) is 5.77. The lowest BCUT2D eigenvalue weighted by Gasteiger charge is -2.22. The molecule has 0 atom stereocenters. The molecule has 6 nitrogen and oxygen atoms in total. The smallest absolute Gasteiger partial charge is 0.284 e. The van der Waals surface area contributed by atoms with Gasteiger partial charge >= 0.3 is 0 Å². The molecule has 0 saturated heterocycles. The van der Waals surface area contributed by atoms with E-state index in [2.05, 4.69) is 52.3 Å². The van der Waals surface area contributed by atoms with Crippen molar-refractivity contribution in [1.82, 2.24) is 9.71 Å². The fourth-order valence-electron chi connectivity index (χ4n) is 3.76. The van der Waals surface area contributed by atoms with E-state index in [-0.39, 0.29) is 5.69 Å². The van der Waals surface area contributed by atoms with Crippen molar-refractivity contribution in [1.29, 1.82) is 0 Å². The topological polar surface area (TPSA) is 79.4 Å². The van der Waals surface area contributed by atoms with Gasteiger partial charge in [0.25, 0.3) is 5.91 Å². The number of hydrogen-bond donors (Lipinski definition) is 1. The van der Waals surface area contributed by atoms with Crippen molar-refractivity contribution in [2.75, 3.05) is 17.7 Å². The molecule has 0 bridgehead atoms. The minimum absolute atomic E-state index is 0.142. The Hall–Kier alpha value is -3.23. The number of fused-ring (bicyclic) bond motifs is 1. The molecule has 0 radical (unpaired) electrons. The quantitative estimate of drug-likeness (QED) is 0.401. The van der Waals surface area contributed by atoms with Crippen LogP contribution in [-0.2, 0) is 23.0 Å². The Balaban J connectivity index is 1.63. The van der Waals surface area contributed by atoms with Gasteiger partial charge in [-0.25, -0.2) is 18.1 Å². The standard InChI is InChI=1S/C25H25N3O3S2/c1-18-23(24(29)27-33(2,30)31)26-25(32-18)28(17-19-9-4-3-5-10-19)16-15-21-13-8-12-20-11-6-7-14-22(20)21/h3-14H,15-17H2,1-2H3,(H,27,29). The molecule has 0 fully saturated rings. The zero-order chi connectivity index (χ0) is 23.4. The summed E-state index contributed by atoms with van der Waals surface area (Å²) in [6.07, 6.45) is 1.76. The van der Waals surface area contributed by atoms with E-state index in [0.717, 1.165) is 18.2 Å². The average molecular weight is 480 g/mol. The molecule has 0 aliphatic heterocycles. The van der Waals surface area contributed by atoms with E-state index < -0.39 is 15.9 Å². The minimum Gasteiger partial charge on any atom is -0.343 e. The Kier molecular flexibility index (Phi) is 6.76. The molecule has 1 aromatic heterocycles. The summed E-state index contributed by atoms with van der Waals surface area (Å²) >= 11 is 1.39. The Morgan fingerprint density at radius 1 is 1.00 bits per heavy atom. The van der Waals surface area contributed by atoms with Gasteiger partial charge in [0, 0.05) is 18.0 Å². The second-order valence-corrected chi connectivity index (χ2v) is 10.8. The number of thiazole rings is 1. The molecule has 0 unspecified atom stereocenters. The van der Waals surface area contributed by atoms with Crippen molar-refractivity contribution in [3.05, 3.63) is 94.5 Å². The largest absolute Gasteiger partial charge is 0.343 e. The van der Waals surface area contributed by atoms with Gasteiger partial charge in [0.05, 0.1) is 6.26 Å². The zero-order valence-corrected chi connectivity index (χ0v) is 20.1. The fraction of sp³-hybridized carbons (Fsp3) is 0.200. The highest BCUT2D eigenvalue weighted by Gasteiger charge is 2.21. The maximum atomic E-state index is 12.4. The van der Waals surface area contributed by atoms with Crippen molar-refractivity contribution in [3.63, 3.8) is 0 Å². The Bertz CT molecular complexity index is 1380. The van der Waals surface area contributed by atoms with Crippen molar-refractivity contribution < 1.29 is 13.2 Å². The molecule has 4 rings (SSSR count). The molecular weight excluding hydrogens is 454 g/mol. The Labute approximate surface area is 198 Å². The molecule has 170 valence electrons. The van der Waals surface area contributed by atoms with Crippen LogP contribution < -0.4 is 9.62 Å². The zero-order valence-electron chi connectivity index (χ0n) is 18.5. The molecule has 0 spiro atoms. The van der Waals surface area contributed by atoms with Gasteiger partial charge in [0.1, 0.15) is 5.69 Å². The van der Waals surface area contributed by atoms with Crippen molar-refractivity contribution in [2.45, 2.75) is 19.9 Å². The number of hydrogen-bond acceptors (Lipinski definition) is 6. The molecule has 1 heterocycles. The highest BCUT2D eigenvalue weighted by Crippen LogP contribution is 2.28. The summed E-state index contributed by atoms with van der Waals surface area (Å²) in [6, 6.07) is 24.7. The van der Waals surface area contributed by atoms with Crippen LogP contribution in [0, 0.1) is 6.92 Å². The number of nitrogens with one attached hydrogen (secondary N) is 1. The molecule has 3 aromatic carbocycles. The van der Waals surface area contributed by atoms with Gasteiger partial charge in [-0.3, -0.25) is 4.79 Å². The SMILES string of the molecule is Cc1sc(N(CCc2cccc3ccccc23)Cc2ccccc2)nc1C(=O)NS(C)(=O)=O. The number of carbonyl (C=O) groups excluding carboxylic acids is 1. The number of benzene rings is 3. The highest BCUT2D eigenvalue weighted by atomic mass is 32.2. The molecule has 8 heteroatoms. The maximum absolute atomic E-state index is 12.4. The van der Waals surface area contributed by atoms with Crippen LogP contribution in [0.3, 0.4) is 0 Å². The molecular formula is C25H25N3O3S2. The summed E-state index contributed by atoms with van der Waals surface area (Å²) in [6.45, 7) is 3.11. The Morgan fingerprint density at radius 3 is 2.45 bits per heavy atom. The predicted molar refractivity (Wildman–Crippen MR) is 134 cm³/mol. The van der Waals surface area contributed by atoms with Gasteiger partial charge in [-0.2, -0.15) is 0 Å². The lowest BCUT2D eigenvalue weighted by Crippen LogP contribution is -2.30. The van der Waals surface area contributed by atoms with E-state index in [1.165, 1.54) is 27.7 Å². The van der Waals surface area contributed by atoms with E-state index in [1.807, 2.05) is 35.1 Å². The van der Waals surface area contributed by atoms with Crippen molar-refractivity contribution >= 4 is 43.2 Å². The third-order valence-electron chi connectivity index (χ3n) is 5.30. The number of rotatable bonds is 8. The van der Waals surface area contributed by atoms with Crippen molar-refractivity contribution in [2.24, 2.45) is 0 Å². The number of aromatic nitrogens is 1. The highest BCUT2D eigenvalue weighted by molar-refractivity contribution is 7.89. The number of anilines is 1. The van der Waals surface area contributed by atoms with Gasteiger partial charge in [-0.15, -0.1) is 11.3 Å². The van der Waals surface area contributed by atoms with Gasteiger partial charge in [-0.1, -0.05) is 72.8 Å². The monoisotopic (exact) mass is 479 g/mol. The second kappa shape index (κ2) is 9.72. The summed E-state index contributed by atoms with van der Waals surface area (Å²) in [5.41, 5.74) is 2.52. The van der Waals surface area contributed by atoms with Crippen LogP contribution in [0.2, 0.25) is 0 Å². The second-order valence-electron chi connectivity index (χ2n) is 7.90. The van der Waals surface area contributed by atoms with Gasteiger partial charge in [0.2, 0.25) is 10.0 Å². The van der Waals surface area contributed by atoms with Crippen LogP contribution in [0.4, 0.5) is 5.13 Å². The summed E-state index contributed by atoms with van der Waals surface area (Å²) in [5, 5.41) is 3.12. The molecule has 4 aromatic rings. The molecule has 1 amide bonds.